The van der Waals surface area contributed by atoms with Gasteiger partial charge in [-0.05, 0) is 26.2 Å². The van der Waals surface area contributed by atoms with Crippen LogP contribution >= 0.6 is 0 Å². The Morgan fingerprint density at radius 1 is 1.67 bits per heavy atom. The summed E-state index contributed by atoms with van der Waals surface area (Å²) in [7, 11) is 1.44. The Kier molecular flexibility index (Phi) is 1.65. The lowest BCUT2D eigenvalue weighted by Crippen LogP contribution is -2.37. The standard InChI is InChI=1S/C9H14O3/c1-9(8(10)11-2)5-3-4-6-7(9)12-6/h6-7H,3-5H2,1-2H3. The van der Waals surface area contributed by atoms with Crippen LogP contribution in [0.15, 0.2) is 0 Å². The highest BCUT2D eigenvalue weighted by molar-refractivity contribution is 5.77. The van der Waals surface area contributed by atoms with E-state index in [-0.39, 0.29) is 17.5 Å². The molecule has 0 aromatic heterocycles. The first-order valence-corrected chi connectivity index (χ1v) is 4.42. The van der Waals surface area contributed by atoms with Crippen molar-refractivity contribution in [2.24, 2.45) is 5.41 Å². The van der Waals surface area contributed by atoms with Crippen molar-refractivity contribution in [3.63, 3.8) is 0 Å². The van der Waals surface area contributed by atoms with Gasteiger partial charge in [0.1, 0.15) is 0 Å². The van der Waals surface area contributed by atoms with E-state index in [1.807, 2.05) is 6.92 Å². The van der Waals surface area contributed by atoms with Crippen molar-refractivity contribution in [3.8, 4) is 0 Å². The topological polar surface area (TPSA) is 38.8 Å². The lowest BCUT2D eigenvalue weighted by Gasteiger charge is -2.27. The second kappa shape index (κ2) is 2.46. The fourth-order valence-electron chi connectivity index (χ4n) is 2.19. The second-order valence-corrected chi connectivity index (χ2v) is 3.90. The van der Waals surface area contributed by atoms with E-state index in [1.54, 1.807) is 0 Å². The fourth-order valence-corrected chi connectivity index (χ4v) is 2.19. The highest BCUT2D eigenvalue weighted by atomic mass is 16.6. The van der Waals surface area contributed by atoms with Crippen molar-refractivity contribution in [2.75, 3.05) is 7.11 Å². The van der Waals surface area contributed by atoms with Crippen molar-refractivity contribution in [3.05, 3.63) is 0 Å². The van der Waals surface area contributed by atoms with E-state index in [2.05, 4.69) is 0 Å². The normalized spacial score (nSPS) is 44.8. The third kappa shape index (κ3) is 0.959. The smallest absolute Gasteiger partial charge is 0.314 e. The summed E-state index contributed by atoms with van der Waals surface area (Å²) >= 11 is 0. The molecule has 1 saturated carbocycles. The van der Waals surface area contributed by atoms with E-state index in [9.17, 15) is 4.79 Å². The minimum Gasteiger partial charge on any atom is -0.469 e. The molecule has 0 radical (unpaired) electrons. The molecule has 0 aromatic carbocycles. The van der Waals surface area contributed by atoms with Crippen LogP contribution in [0.3, 0.4) is 0 Å². The number of ether oxygens (including phenoxy) is 2. The van der Waals surface area contributed by atoms with Crippen molar-refractivity contribution in [2.45, 2.75) is 38.4 Å². The zero-order valence-electron chi connectivity index (χ0n) is 7.50. The van der Waals surface area contributed by atoms with Gasteiger partial charge in [-0.3, -0.25) is 4.79 Å². The third-order valence-corrected chi connectivity index (χ3v) is 3.05. The summed E-state index contributed by atoms with van der Waals surface area (Å²) in [5.74, 6) is -0.116. The molecular formula is C9H14O3. The molecule has 0 N–H and O–H groups in total. The maximum Gasteiger partial charge on any atom is 0.314 e. The van der Waals surface area contributed by atoms with Crippen LogP contribution in [-0.2, 0) is 14.3 Å². The van der Waals surface area contributed by atoms with E-state index >= 15 is 0 Å². The molecule has 2 fully saturated rings. The molecule has 3 heteroatoms. The Labute approximate surface area is 72.0 Å². The lowest BCUT2D eigenvalue weighted by atomic mass is 9.76. The summed E-state index contributed by atoms with van der Waals surface area (Å²) in [6.45, 7) is 1.95. The van der Waals surface area contributed by atoms with Crippen LogP contribution < -0.4 is 0 Å². The van der Waals surface area contributed by atoms with Gasteiger partial charge in [-0.2, -0.15) is 0 Å². The van der Waals surface area contributed by atoms with E-state index < -0.39 is 0 Å². The molecule has 1 aliphatic heterocycles. The highest BCUT2D eigenvalue weighted by Gasteiger charge is 2.58. The highest BCUT2D eigenvalue weighted by Crippen LogP contribution is 2.49. The molecule has 0 spiro atoms. The minimum atomic E-state index is -0.363. The Hall–Kier alpha value is -0.570. The Bertz CT molecular complexity index is 214. The van der Waals surface area contributed by atoms with Crippen LogP contribution in [0.4, 0.5) is 0 Å². The lowest BCUT2D eigenvalue weighted by molar-refractivity contribution is -0.153. The molecular weight excluding hydrogens is 156 g/mol. The Morgan fingerprint density at radius 2 is 2.42 bits per heavy atom. The van der Waals surface area contributed by atoms with Crippen LogP contribution in [0.25, 0.3) is 0 Å². The van der Waals surface area contributed by atoms with E-state index in [0.29, 0.717) is 6.10 Å². The third-order valence-electron chi connectivity index (χ3n) is 3.05. The molecule has 3 nitrogen and oxygen atoms in total. The molecule has 1 heterocycles. The predicted octanol–water partition coefficient (Wildman–Crippen LogP) is 1.12. The van der Waals surface area contributed by atoms with Gasteiger partial charge in [-0.25, -0.2) is 0 Å². The van der Waals surface area contributed by atoms with Gasteiger partial charge in [-0.1, -0.05) is 0 Å². The van der Waals surface area contributed by atoms with Gasteiger partial charge in [-0.15, -0.1) is 0 Å². The predicted molar refractivity (Wildman–Crippen MR) is 42.6 cm³/mol. The van der Waals surface area contributed by atoms with Crippen LogP contribution in [-0.4, -0.2) is 25.3 Å². The summed E-state index contributed by atoms with van der Waals surface area (Å²) in [6.07, 6.45) is 3.56. The van der Waals surface area contributed by atoms with Crippen LogP contribution in [0.1, 0.15) is 26.2 Å². The van der Waals surface area contributed by atoms with Crippen molar-refractivity contribution in [1.29, 1.82) is 0 Å². The number of hydrogen-bond donors (Lipinski definition) is 0. The number of fused-ring (bicyclic) bond motifs is 1. The van der Waals surface area contributed by atoms with Crippen molar-refractivity contribution >= 4 is 5.97 Å². The van der Waals surface area contributed by atoms with Crippen LogP contribution in [0.2, 0.25) is 0 Å². The molecule has 0 amide bonds. The number of hydrogen-bond acceptors (Lipinski definition) is 3. The average molecular weight is 170 g/mol. The van der Waals surface area contributed by atoms with Gasteiger partial charge in [0.15, 0.2) is 0 Å². The molecule has 3 unspecified atom stereocenters. The van der Waals surface area contributed by atoms with E-state index in [0.717, 1.165) is 19.3 Å². The number of carbonyl (C=O) groups is 1. The molecule has 0 aromatic rings. The number of rotatable bonds is 1. The van der Waals surface area contributed by atoms with Gasteiger partial charge < -0.3 is 9.47 Å². The Morgan fingerprint density at radius 3 is 3.08 bits per heavy atom. The van der Waals surface area contributed by atoms with Gasteiger partial charge in [0.05, 0.1) is 24.7 Å². The maximum atomic E-state index is 11.4. The molecule has 3 atom stereocenters. The monoisotopic (exact) mass is 170 g/mol. The van der Waals surface area contributed by atoms with Gasteiger partial charge in [0.2, 0.25) is 0 Å². The molecule has 2 rings (SSSR count). The number of esters is 1. The molecule has 1 aliphatic carbocycles. The first-order valence-electron chi connectivity index (χ1n) is 4.42. The SMILES string of the molecule is COC(=O)C1(C)CCCC2OC21. The summed E-state index contributed by atoms with van der Waals surface area (Å²) in [5, 5.41) is 0. The molecule has 12 heavy (non-hydrogen) atoms. The van der Waals surface area contributed by atoms with E-state index in [4.69, 9.17) is 9.47 Å². The molecule has 1 saturated heterocycles. The Balaban J connectivity index is 2.13. The van der Waals surface area contributed by atoms with Gasteiger partial charge in [0.25, 0.3) is 0 Å². The average Bonchev–Trinajstić information content (AvgIpc) is 2.83. The summed E-state index contributed by atoms with van der Waals surface area (Å²) in [6, 6.07) is 0. The van der Waals surface area contributed by atoms with E-state index in [1.165, 1.54) is 7.11 Å². The van der Waals surface area contributed by atoms with Crippen LogP contribution in [0, 0.1) is 5.41 Å². The first-order chi connectivity index (χ1) is 5.68. The first kappa shape index (κ1) is 8.05. The van der Waals surface area contributed by atoms with Crippen molar-refractivity contribution in [1.82, 2.24) is 0 Å². The number of methoxy groups -OCH3 is 1. The summed E-state index contributed by atoms with van der Waals surface area (Å²) < 4.78 is 10.2. The second-order valence-electron chi connectivity index (χ2n) is 3.90. The zero-order chi connectivity index (χ0) is 8.77. The number of carbonyl (C=O) groups excluding carboxylic acids is 1. The molecule has 68 valence electrons. The minimum absolute atomic E-state index is 0.116. The van der Waals surface area contributed by atoms with Crippen molar-refractivity contribution < 1.29 is 14.3 Å². The molecule has 0 bridgehead atoms. The zero-order valence-corrected chi connectivity index (χ0v) is 7.50. The van der Waals surface area contributed by atoms with Gasteiger partial charge >= 0.3 is 5.97 Å². The van der Waals surface area contributed by atoms with Gasteiger partial charge in [0, 0.05) is 0 Å². The fraction of sp³-hybridized carbons (Fsp3) is 0.889. The molecule has 2 aliphatic rings. The number of epoxide rings is 1. The summed E-state index contributed by atoms with van der Waals surface area (Å²) in [4.78, 5) is 11.4. The maximum absolute atomic E-state index is 11.4. The largest absolute Gasteiger partial charge is 0.469 e. The van der Waals surface area contributed by atoms with Crippen LogP contribution in [0.5, 0.6) is 0 Å². The quantitative estimate of drug-likeness (QED) is 0.437. The summed E-state index contributed by atoms with van der Waals surface area (Å²) in [5.41, 5.74) is -0.363.